The Morgan fingerprint density at radius 2 is 1.75 bits per heavy atom. The summed E-state index contributed by atoms with van der Waals surface area (Å²) in [5, 5.41) is 15.4. The summed E-state index contributed by atoms with van der Waals surface area (Å²) in [5.41, 5.74) is 2.46. The lowest BCUT2D eigenvalue weighted by Gasteiger charge is -2.14. The number of hydrogen-bond acceptors (Lipinski definition) is 5. The molecule has 0 radical (unpaired) electrons. The summed E-state index contributed by atoms with van der Waals surface area (Å²) in [4.78, 5) is 4.43. The Kier molecular flexibility index (Phi) is 5.59. The first kappa shape index (κ1) is 20.1. The van der Waals surface area contributed by atoms with E-state index in [0.717, 1.165) is 0 Å². The Bertz CT molecular complexity index is 1200. The average molecular weight is 434 g/mol. The molecule has 1 heterocycles. The predicted molar refractivity (Wildman–Crippen MR) is 108 cm³/mol. The zero-order chi connectivity index (χ0) is 20.5. The van der Waals surface area contributed by atoms with Gasteiger partial charge in [0.05, 0.1) is 22.7 Å². The first-order valence-electron chi connectivity index (χ1n) is 7.82. The molecule has 0 fully saturated rings. The molecule has 9 heteroatoms. The zero-order valence-corrected chi connectivity index (χ0v) is 16.8. The number of hydrogen-bond donors (Lipinski definition) is 1. The number of methoxy groups -OCH3 is 1. The number of pyridine rings is 1. The van der Waals surface area contributed by atoms with Crippen LogP contribution in [0.3, 0.4) is 0 Å². The minimum Gasteiger partial charge on any atom is -0.480 e. The molecule has 2 N–H and O–H groups in total. The molecular formula is C19H13Cl2N3O3S. The average Bonchev–Trinajstić information content (AvgIpc) is 2.66. The predicted octanol–water partition coefficient (Wildman–Crippen LogP) is 4.25. The summed E-state index contributed by atoms with van der Waals surface area (Å²) < 4.78 is 28.2. The van der Waals surface area contributed by atoms with Gasteiger partial charge in [0, 0.05) is 16.1 Å². The smallest absolute Gasteiger partial charge is 0.238 e. The molecule has 0 amide bonds. The first-order valence-corrected chi connectivity index (χ1v) is 10.1. The van der Waals surface area contributed by atoms with Crippen molar-refractivity contribution in [3.63, 3.8) is 0 Å². The second-order valence-corrected chi connectivity index (χ2v) is 8.15. The van der Waals surface area contributed by atoms with Crippen LogP contribution in [-0.2, 0) is 10.0 Å². The highest BCUT2D eigenvalue weighted by atomic mass is 35.5. The fourth-order valence-electron chi connectivity index (χ4n) is 2.66. The van der Waals surface area contributed by atoms with Crippen molar-refractivity contribution in [3.05, 3.63) is 64.1 Å². The van der Waals surface area contributed by atoms with Gasteiger partial charge >= 0.3 is 0 Å². The zero-order valence-electron chi connectivity index (χ0n) is 14.5. The van der Waals surface area contributed by atoms with Crippen molar-refractivity contribution < 1.29 is 13.2 Å². The van der Waals surface area contributed by atoms with E-state index in [9.17, 15) is 13.7 Å². The summed E-state index contributed by atoms with van der Waals surface area (Å²) in [6, 6.07) is 14.5. The summed E-state index contributed by atoms with van der Waals surface area (Å²) in [6.45, 7) is 0. The van der Waals surface area contributed by atoms with Crippen LogP contribution < -0.4 is 9.88 Å². The standard InChI is InChI=1S/C19H13Cl2N3O3S/c1-27-19-12(10-22)8-16(11-2-5-14(6-3-11)28(23,25)26)18(24-19)15-7-4-13(20)9-17(15)21/h2-9H,1H3,(H2,23,25,26). The third-order valence-electron chi connectivity index (χ3n) is 3.98. The molecule has 0 aliphatic rings. The van der Waals surface area contributed by atoms with Crippen LogP contribution in [0.25, 0.3) is 22.4 Å². The van der Waals surface area contributed by atoms with Gasteiger partial charge in [-0.15, -0.1) is 0 Å². The van der Waals surface area contributed by atoms with Gasteiger partial charge in [0.15, 0.2) is 0 Å². The molecule has 0 saturated heterocycles. The number of benzene rings is 2. The highest BCUT2D eigenvalue weighted by Crippen LogP contribution is 2.38. The number of nitrogens with two attached hydrogens (primary N) is 1. The molecule has 28 heavy (non-hydrogen) atoms. The Hall–Kier alpha value is -2.63. The Labute approximate surface area is 172 Å². The van der Waals surface area contributed by atoms with Crippen molar-refractivity contribution in [1.29, 1.82) is 5.26 Å². The van der Waals surface area contributed by atoms with Crippen LogP contribution in [-0.4, -0.2) is 20.5 Å². The van der Waals surface area contributed by atoms with Crippen LogP contribution in [0.5, 0.6) is 5.88 Å². The van der Waals surface area contributed by atoms with E-state index < -0.39 is 10.0 Å². The molecule has 3 rings (SSSR count). The summed E-state index contributed by atoms with van der Waals surface area (Å²) in [7, 11) is -2.41. The van der Waals surface area contributed by atoms with E-state index in [1.54, 1.807) is 36.4 Å². The van der Waals surface area contributed by atoms with Gasteiger partial charge in [-0.3, -0.25) is 0 Å². The van der Waals surface area contributed by atoms with Crippen LogP contribution in [0.2, 0.25) is 10.0 Å². The summed E-state index contributed by atoms with van der Waals surface area (Å²) >= 11 is 12.3. The third kappa shape index (κ3) is 3.96. The van der Waals surface area contributed by atoms with Crippen molar-refractivity contribution in [1.82, 2.24) is 4.98 Å². The third-order valence-corrected chi connectivity index (χ3v) is 5.46. The molecule has 0 spiro atoms. The molecule has 0 unspecified atom stereocenters. The monoisotopic (exact) mass is 433 g/mol. The topological polar surface area (TPSA) is 106 Å². The molecule has 0 aliphatic heterocycles. The molecular weight excluding hydrogens is 421 g/mol. The largest absolute Gasteiger partial charge is 0.480 e. The molecule has 0 saturated carbocycles. The van der Waals surface area contributed by atoms with Crippen molar-refractivity contribution in [3.8, 4) is 34.3 Å². The van der Waals surface area contributed by atoms with Crippen LogP contribution in [0.1, 0.15) is 5.56 Å². The van der Waals surface area contributed by atoms with Crippen LogP contribution in [0.4, 0.5) is 0 Å². The van der Waals surface area contributed by atoms with E-state index in [0.29, 0.717) is 32.4 Å². The lowest BCUT2D eigenvalue weighted by Crippen LogP contribution is -2.11. The normalized spacial score (nSPS) is 11.1. The fourth-order valence-corrected chi connectivity index (χ4v) is 3.68. The van der Waals surface area contributed by atoms with E-state index >= 15 is 0 Å². The molecule has 0 bridgehead atoms. The molecule has 6 nitrogen and oxygen atoms in total. The number of rotatable bonds is 4. The van der Waals surface area contributed by atoms with E-state index in [2.05, 4.69) is 4.98 Å². The van der Waals surface area contributed by atoms with Gasteiger partial charge in [-0.25, -0.2) is 18.5 Å². The van der Waals surface area contributed by atoms with Gasteiger partial charge in [-0.1, -0.05) is 35.3 Å². The Balaban J connectivity index is 2.28. The van der Waals surface area contributed by atoms with Gasteiger partial charge in [-0.05, 0) is 42.0 Å². The molecule has 1 aromatic heterocycles. The van der Waals surface area contributed by atoms with Crippen LogP contribution in [0.15, 0.2) is 53.4 Å². The maximum atomic E-state index is 11.5. The number of nitrogens with zero attached hydrogens (tertiary/aromatic N) is 2. The Morgan fingerprint density at radius 1 is 1.07 bits per heavy atom. The van der Waals surface area contributed by atoms with E-state index in [1.165, 1.54) is 19.2 Å². The van der Waals surface area contributed by atoms with Gasteiger partial charge in [0.1, 0.15) is 11.6 Å². The maximum Gasteiger partial charge on any atom is 0.238 e. The second-order valence-electron chi connectivity index (χ2n) is 5.75. The SMILES string of the molecule is COc1nc(-c2ccc(Cl)cc2Cl)c(-c2ccc(S(N)(=O)=O)cc2)cc1C#N. The second kappa shape index (κ2) is 7.78. The quantitative estimate of drug-likeness (QED) is 0.661. The molecule has 2 aromatic carbocycles. The van der Waals surface area contributed by atoms with Crippen molar-refractivity contribution in [2.45, 2.75) is 4.90 Å². The lowest BCUT2D eigenvalue weighted by molar-refractivity contribution is 0.397. The van der Waals surface area contributed by atoms with Crippen LogP contribution in [0, 0.1) is 11.3 Å². The number of primary sulfonamides is 1. The minimum absolute atomic E-state index is 0.0238. The van der Waals surface area contributed by atoms with E-state index in [-0.39, 0.29) is 16.3 Å². The Morgan fingerprint density at radius 3 is 2.29 bits per heavy atom. The molecule has 0 atom stereocenters. The number of aromatic nitrogens is 1. The first-order chi connectivity index (χ1) is 13.2. The number of halogens is 2. The number of nitriles is 1. The van der Waals surface area contributed by atoms with Crippen LogP contribution >= 0.6 is 23.2 Å². The number of ether oxygens (including phenoxy) is 1. The highest BCUT2D eigenvalue weighted by Gasteiger charge is 2.18. The van der Waals surface area contributed by atoms with Crippen molar-refractivity contribution in [2.75, 3.05) is 7.11 Å². The van der Waals surface area contributed by atoms with Gasteiger partial charge in [0.25, 0.3) is 0 Å². The van der Waals surface area contributed by atoms with E-state index in [1.807, 2.05) is 6.07 Å². The fraction of sp³-hybridized carbons (Fsp3) is 0.0526. The molecule has 3 aromatic rings. The van der Waals surface area contributed by atoms with Crippen molar-refractivity contribution >= 4 is 33.2 Å². The molecule has 0 aliphatic carbocycles. The summed E-state index contributed by atoms with van der Waals surface area (Å²) in [5.74, 6) is 0.147. The number of sulfonamides is 1. The molecule has 142 valence electrons. The van der Waals surface area contributed by atoms with Gasteiger partial charge < -0.3 is 4.74 Å². The maximum absolute atomic E-state index is 11.5. The van der Waals surface area contributed by atoms with Gasteiger partial charge in [0.2, 0.25) is 15.9 Å². The minimum atomic E-state index is -3.82. The van der Waals surface area contributed by atoms with Crippen molar-refractivity contribution in [2.24, 2.45) is 5.14 Å². The van der Waals surface area contributed by atoms with E-state index in [4.69, 9.17) is 33.1 Å². The lowest BCUT2D eigenvalue weighted by atomic mass is 9.98. The summed E-state index contributed by atoms with van der Waals surface area (Å²) in [6.07, 6.45) is 0. The van der Waals surface area contributed by atoms with Gasteiger partial charge in [-0.2, -0.15) is 5.26 Å². The highest BCUT2D eigenvalue weighted by molar-refractivity contribution is 7.89.